The third-order valence-corrected chi connectivity index (χ3v) is 2.18. The van der Waals surface area contributed by atoms with Gasteiger partial charge in [0.2, 0.25) is 0 Å². The van der Waals surface area contributed by atoms with Crippen LogP contribution in [0.1, 0.15) is 0 Å². The Morgan fingerprint density at radius 1 is 1.50 bits per heavy atom. The number of benzene rings is 1. The van der Waals surface area contributed by atoms with Gasteiger partial charge in [-0.2, -0.15) is 0 Å². The van der Waals surface area contributed by atoms with E-state index in [2.05, 4.69) is 10.2 Å². The molecule has 3 nitrogen and oxygen atoms in total. The molecule has 12 heavy (non-hydrogen) atoms. The first kappa shape index (κ1) is 7.28. The van der Waals surface area contributed by atoms with Gasteiger partial charge in [0.1, 0.15) is 11.4 Å². The number of fused-ring (bicyclic) bond motifs is 1. The summed E-state index contributed by atoms with van der Waals surface area (Å²) in [4.78, 5) is 2.13. The Balaban J connectivity index is 2.52. The molecule has 2 N–H and O–H groups in total. The highest BCUT2D eigenvalue weighted by molar-refractivity contribution is 5.77. The summed E-state index contributed by atoms with van der Waals surface area (Å²) >= 11 is 0. The normalized spacial score (nSPS) is 15.2. The molecule has 1 aliphatic rings. The van der Waals surface area contributed by atoms with Crippen molar-refractivity contribution in [2.45, 2.75) is 0 Å². The van der Waals surface area contributed by atoms with Gasteiger partial charge >= 0.3 is 0 Å². The molecule has 1 aliphatic heterocycles. The standard InChI is InChI=1S/C9H12N2O/c1-11-6-5-10-9-7(11)3-2-4-8(9)12/h2-4,10,12H,5-6H2,1H3. The van der Waals surface area contributed by atoms with Crippen LogP contribution in [0.3, 0.4) is 0 Å². The molecular formula is C9H12N2O. The third-order valence-electron chi connectivity index (χ3n) is 2.18. The summed E-state index contributed by atoms with van der Waals surface area (Å²) in [6.45, 7) is 1.87. The fourth-order valence-electron chi connectivity index (χ4n) is 1.50. The first-order valence-corrected chi connectivity index (χ1v) is 4.06. The molecule has 0 saturated heterocycles. The number of nitrogens with one attached hydrogen (secondary N) is 1. The number of phenolic OH excluding ortho intramolecular Hbond substituents is 1. The number of para-hydroxylation sites is 1. The van der Waals surface area contributed by atoms with Crippen molar-refractivity contribution in [3.05, 3.63) is 18.2 Å². The molecule has 0 aliphatic carbocycles. The number of hydrogen-bond donors (Lipinski definition) is 2. The first-order valence-electron chi connectivity index (χ1n) is 4.06. The second-order valence-corrected chi connectivity index (χ2v) is 3.02. The van der Waals surface area contributed by atoms with E-state index in [1.165, 1.54) is 0 Å². The average Bonchev–Trinajstić information content (AvgIpc) is 2.07. The van der Waals surface area contributed by atoms with Crippen LogP contribution in [-0.2, 0) is 0 Å². The van der Waals surface area contributed by atoms with Crippen molar-refractivity contribution in [2.75, 3.05) is 30.4 Å². The third kappa shape index (κ3) is 0.978. The molecule has 0 fully saturated rings. The fraction of sp³-hybridized carbons (Fsp3) is 0.333. The Morgan fingerprint density at radius 2 is 2.33 bits per heavy atom. The molecule has 1 aromatic carbocycles. The van der Waals surface area contributed by atoms with Crippen molar-refractivity contribution in [3.63, 3.8) is 0 Å². The van der Waals surface area contributed by atoms with Crippen molar-refractivity contribution < 1.29 is 5.11 Å². The summed E-state index contributed by atoms with van der Waals surface area (Å²) in [7, 11) is 2.03. The van der Waals surface area contributed by atoms with E-state index in [-0.39, 0.29) is 0 Å². The maximum Gasteiger partial charge on any atom is 0.140 e. The predicted molar refractivity (Wildman–Crippen MR) is 49.9 cm³/mol. The summed E-state index contributed by atoms with van der Waals surface area (Å²) in [5.41, 5.74) is 1.92. The minimum atomic E-state index is 0.332. The zero-order valence-electron chi connectivity index (χ0n) is 7.04. The lowest BCUT2D eigenvalue weighted by atomic mass is 10.2. The average molecular weight is 164 g/mol. The maximum atomic E-state index is 9.48. The number of likely N-dealkylation sites (N-methyl/N-ethyl adjacent to an activating group) is 1. The molecule has 0 radical (unpaired) electrons. The van der Waals surface area contributed by atoms with Gasteiger partial charge in [0, 0.05) is 20.1 Å². The molecule has 0 amide bonds. The van der Waals surface area contributed by atoms with Gasteiger partial charge in [0.25, 0.3) is 0 Å². The second kappa shape index (κ2) is 2.59. The van der Waals surface area contributed by atoms with Gasteiger partial charge in [-0.25, -0.2) is 0 Å². The van der Waals surface area contributed by atoms with Gasteiger partial charge in [0.05, 0.1) is 5.69 Å². The minimum Gasteiger partial charge on any atom is -0.506 e. The van der Waals surface area contributed by atoms with Crippen molar-refractivity contribution in [2.24, 2.45) is 0 Å². The lowest BCUT2D eigenvalue weighted by molar-refractivity contribution is 0.476. The van der Waals surface area contributed by atoms with Crippen molar-refractivity contribution in [1.29, 1.82) is 0 Å². The van der Waals surface area contributed by atoms with Crippen molar-refractivity contribution in [3.8, 4) is 5.75 Å². The van der Waals surface area contributed by atoms with E-state index in [1.807, 2.05) is 19.2 Å². The van der Waals surface area contributed by atoms with Crippen LogP contribution in [0.4, 0.5) is 11.4 Å². The zero-order valence-corrected chi connectivity index (χ0v) is 7.04. The molecule has 0 aromatic heterocycles. The lowest BCUT2D eigenvalue weighted by Crippen LogP contribution is -2.30. The molecule has 0 saturated carbocycles. The summed E-state index contributed by atoms with van der Waals surface area (Å²) in [5, 5.41) is 12.7. The molecule has 1 heterocycles. The Labute approximate surface area is 71.6 Å². The van der Waals surface area contributed by atoms with E-state index in [9.17, 15) is 5.11 Å². The Morgan fingerprint density at radius 3 is 3.08 bits per heavy atom. The number of rotatable bonds is 0. The van der Waals surface area contributed by atoms with Gasteiger partial charge in [-0.1, -0.05) is 6.07 Å². The molecule has 0 atom stereocenters. The lowest BCUT2D eigenvalue weighted by Gasteiger charge is -2.28. The molecule has 2 rings (SSSR count). The molecular weight excluding hydrogens is 152 g/mol. The van der Waals surface area contributed by atoms with Gasteiger partial charge in [-0.15, -0.1) is 0 Å². The molecule has 0 spiro atoms. The summed E-state index contributed by atoms with van der Waals surface area (Å²) < 4.78 is 0. The molecule has 64 valence electrons. The minimum absolute atomic E-state index is 0.332. The van der Waals surface area contributed by atoms with Crippen LogP contribution in [0.25, 0.3) is 0 Å². The van der Waals surface area contributed by atoms with Crippen molar-refractivity contribution >= 4 is 11.4 Å². The number of phenols is 1. The molecule has 0 bridgehead atoms. The smallest absolute Gasteiger partial charge is 0.140 e. The monoisotopic (exact) mass is 164 g/mol. The van der Waals surface area contributed by atoms with Crippen LogP contribution in [0.15, 0.2) is 18.2 Å². The second-order valence-electron chi connectivity index (χ2n) is 3.02. The Hall–Kier alpha value is -1.38. The summed E-state index contributed by atoms with van der Waals surface area (Å²) in [6, 6.07) is 5.56. The van der Waals surface area contributed by atoms with Crippen molar-refractivity contribution in [1.82, 2.24) is 0 Å². The van der Waals surface area contributed by atoms with Gasteiger partial charge in [-0.05, 0) is 12.1 Å². The van der Waals surface area contributed by atoms with E-state index in [4.69, 9.17) is 0 Å². The summed E-state index contributed by atoms with van der Waals surface area (Å²) in [5.74, 6) is 0.332. The predicted octanol–water partition coefficient (Wildman–Crippen LogP) is 1.25. The Bertz CT molecular complexity index is 299. The number of nitrogens with zero attached hydrogens (tertiary/aromatic N) is 1. The molecule has 0 unspecified atom stereocenters. The van der Waals surface area contributed by atoms with E-state index >= 15 is 0 Å². The number of aromatic hydroxyl groups is 1. The Kier molecular flexibility index (Phi) is 1.57. The van der Waals surface area contributed by atoms with Gasteiger partial charge in [0.15, 0.2) is 0 Å². The van der Waals surface area contributed by atoms with E-state index < -0.39 is 0 Å². The first-order chi connectivity index (χ1) is 5.79. The highest BCUT2D eigenvalue weighted by atomic mass is 16.3. The van der Waals surface area contributed by atoms with Gasteiger partial charge in [-0.3, -0.25) is 0 Å². The fourth-order valence-corrected chi connectivity index (χ4v) is 1.50. The number of anilines is 2. The topological polar surface area (TPSA) is 35.5 Å². The molecule has 1 aromatic rings. The van der Waals surface area contributed by atoms with E-state index in [0.717, 1.165) is 24.5 Å². The number of hydrogen-bond acceptors (Lipinski definition) is 3. The van der Waals surface area contributed by atoms with Crippen LogP contribution in [-0.4, -0.2) is 25.2 Å². The van der Waals surface area contributed by atoms with E-state index in [1.54, 1.807) is 6.07 Å². The largest absolute Gasteiger partial charge is 0.506 e. The van der Waals surface area contributed by atoms with Crippen LogP contribution < -0.4 is 10.2 Å². The van der Waals surface area contributed by atoms with Crippen LogP contribution in [0.5, 0.6) is 5.75 Å². The highest BCUT2D eigenvalue weighted by Gasteiger charge is 2.14. The molecule has 3 heteroatoms. The maximum absolute atomic E-state index is 9.48. The highest BCUT2D eigenvalue weighted by Crippen LogP contribution is 2.35. The quantitative estimate of drug-likeness (QED) is 0.566. The van der Waals surface area contributed by atoms with E-state index in [0.29, 0.717) is 5.75 Å². The SMILES string of the molecule is CN1CCNc2c(O)cccc21. The van der Waals surface area contributed by atoms with Gasteiger partial charge < -0.3 is 15.3 Å². The van der Waals surface area contributed by atoms with Crippen LogP contribution in [0.2, 0.25) is 0 Å². The van der Waals surface area contributed by atoms with Crippen LogP contribution in [0, 0.1) is 0 Å². The van der Waals surface area contributed by atoms with Crippen LogP contribution >= 0.6 is 0 Å². The summed E-state index contributed by atoms with van der Waals surface area (Å²) in [6.07, 6.45) is 0. The zero-order chi connectivity index (χ0) is 8.55.